The van der Waals surface area contributed by atoms with Crippen LogP contribution in [0.1, 0.15) is 19.4 Å². The fraction of sp³-hybridized carbons (Fsp3) is 0.500. The van der Waals surface area contributed by atoms with Gasteiger partial charge in [-0.05, 0) is 41.4 Å². The number of anilines is 1. The van der Waals surface area contributed by atoms with E-state index >= 15 is 0 Å². The van der Waals surface area contributed by atoms with Gasteiger partial charge in [0.25, 0.3) is 0 Å². The number of thiocarbonyl (C=S) groups is 1. The van der Waals surface area contributed by atoms with Crippen LogP contribution in [0.15, 0.2) is 16.7 Å². The summed E-state index contributed by atoms with van der Waals surface area (Å²) in [6.07, 6.45) is 1.87. The van der Waals surface area contributed by atoms with E-state index in [1.807, 2.05) is 20.0 Å². The van der Waals surface area contributed by atoms with E-state index in [4.69, 9.17) is 18.0 Å². The highest BCUT2D eigenvalue weighted by Gasteiger charge is 2.15. The van der Waals surface area contributed by atoms with Crippen molar-refractivity contribution in [1.29, 1.82) is 0 Å². The van der Waals surface area contributed by atoms with Crippen LogP contribution in [0.2, 0.25) is 0 Å². The van der Waals surface area contributed by atoms with Crippen LogP contribution >= 0.6 is 28.1 Å². The van der Waals surface area contributed by atoms with E-state index < -0.39 is 0 Å². The Kier molecular flexibility index (Phi) is 5.33. The molecule has 3 nitrogen and oxygen atoms in total. The number of rotatable bonds is 5. The van der Waals surface area contributed by atoms with E-state index in [2.05, 4.69) is 38.8 Å². The molecule has 0 amide bonds. The van der Waals surface area contributed by atoms with Gasteiger partial charge in [-0.1, -0.05) is 19.1 Å². The summed E-state index contributed by atoms with van der Waals surface area (Å²) in [4.78, 5) is 7.18. The van der Waals surface area contributed by atoms with Crippen LogP contribution < -0.4 is 10.6 Å². The van der Waals surface area contributed by atoms with Crippen LogP contribution in [0.5, 0.6) is 0 Å². The third-order valence-electron chi connectivity index (χ3n) is 2.62. The predicted octanol–water partition coefficient (Wildman–Crippen LogP) is 2.90. The lowest BCUT2D eigenvalue weighted by Gasteiger charge is -2.26. The molecule has 5 heteroatoms. The SMILES string of the molecule is CCN(CC(C)C(N)=S)c1ncc(C)cc1Br. The molecule has 0 fully saturated rings. The molecule has 1 unspecified atom stereocenters. The molecule has 0 saturated heterocycles. The summed E-state index contributed by atoms with van der Waals surface area (Å²) in [5, 5.41) is 0. The van der Waals surface area contributed by atoms with Gasteiger partial charge in [-0.2, -0.15) is 0 Å². The highest BCUT2D eigenvalue weighted by atomic mass is 79.9. The zero-order chi connectivity index (χ0) is 13.0. The van der Waals surface area contributed by atoms with Gasteiger partial charge in [0, 0.05) is 25.2 Å². The molecular weight excluding hydrogens is 298 g/mol. The second-order valence-corrected chi connectivity index (χ2v) is 5.49. The van der Waals surface area contributed by atoms with Crippen molar-refractivity contribution in [2.75, 3.05) is 18.0 Å². The molecule has 1 aromatic heterocycles. The zero-order valence-electron chi connectivity index (χ0n) is 10.4. The molecule has 1 rings (SSSR count). The predicted molar refractivity (Wildman–Crippen MR) is 80.5 cm³/mol. The van der Waals surface area contributed by atoms with Gasteiger partial charge in [-0.15, -0.1) is 0 Å². The van der Waals surface area contributed by atoms with Crippen molar-refractivity contribution in [3.05, 3.63) is 22.3 Å². The van der Waals surface area contributed by atoms with Crippen molar-refractivity contribution < 1.29 is 0 Å². The molecule has 17 heavy (non-hydrogen) atoms. The Hall–Kier alpha value is -0.680. The number of nitrogens with zero attached hydrogens (tertiary/aromatic N) is 2. The van der Waals surface area contributed by atoms with Crippen molar-refractivity contribution in [2.45, 2.75) is 20.8 Å². The summed E-state index contributed by atoms with van der Waals surface area (Å²) in [6.45, 7) is 7.82. The molecule has 0 radical (unpaired) electrons. The van der Waals surface area contributed by atoms with Crippen molar-refractivity contribution in [1.82, 2.24) is 4.98 Å². The molecule has 2 N–H and O–H groups in total. The number of halogens is 1. The van der Waals surface area contributed by atoms with Crippen LogP contribution in [0.3, 0.4) is 0 Å². The molecule has 0 aliphatic rings. The first-order valence-corrected chi connectivity index (χ1v) is 6.82. The Morgan fingerprint density at radius 3 is 2.76 bits per heavy atom. The van der Waals surface area contributed by atoms with E-state index in [1.165, 1.54) is 0 Å². The van der Waals surface area contributed by atoms with Crippen LogP contribution in [-0.4, -0.2) is 23.1 Å². The van der Waals surface area contributed by atoms with Crippen LogP contribution in [0, 0.1) is 12.8 Å². The lowest BCUT2D eigenvalue weighted by molar-refractivity contribution is 0.698. The number of aromatic nitrogens is 1. The van der Waals surface area contributed by atoms with Gasteiger partial charge in [0.15, 0.2) is 0 Å². The third kappa shape index (κ3) is 3.92. The number of aryl methyl sites for hydroxylation is 1. The topological polar surface area (TPSA) is 42.1 Å². The summed E-state index contributed by atoms with van der Waals surface area (Å²) in [7, 11) is 0. The monoisotopic (exact) mass is 315 g/mol. The van der Waals surface area contributed by atoms with Crippen molar-refractivity contribution >= 4 is 39.0 Å². The minimum absolute atomic E-state index is 0.181. The summed E-state index contributed by atoms with van der Waals surface area (Å²) < 4.78 is 1.01. The molecular formula is C12H18BrN3S. The first-order chi connectivity index (χ1) is 7.95. The lowest BCUT2D eigenvalue weighted by Crippen LogP contribution is -2.34. The zero-order valence-corrected chi connectivity index (χ0v) is 12.8. The largest absolute Gasteiger partial charge is 0.393 e. The van der Waals surface area contributed by atoms with Gasteiger partial charge in [0.1, 0.15) is 5.82 Å². The van der Waals surface area contributed by atoms with Crippen LogP contribution in [-0.2, 0) is 0 Å². The standard InChI is InChI=1S/C12H18BrN3S/c1-4-16(7-9(3)11(14)17)12-10(13)5-8(2)6-15-12/h5-6,9H,4,7H2,1-3H3,(H2,14,17). The third-order valence-corrected chi connectivity index (χ3v) is 3.61. The van der Waals surface area contributed by atoms with Gasteiger partial charge in [0.05, 0.1) is 9.46 Å². The highest BCUT2D eigenvalue weighted by molar-refractivity contribution is 9.10. The minimum Gasteiger partial charge on any atom is -0.393 e. The van der Waals surface area contributed by atoms with E-state index in [0.717, 1.165) is 28.9 Å². The smallest absolute Gasteiger partial charge is 0.142 e. The van der Waals surface area contributed by atoms with Gasteiger partial charge in [0.2, 0.25) is 0 Å². The highest BCUT2D eigenvalue weighted by Crippen LogP contribution is 2.25. The quantitative estimate of drug-likeness (QED) is 0.848. The maximum atomic E-state index is 5.65. The minimum atomic E-state index is 0.181. The second kappa shape index (κ2) is 6.31. The van der Waals surface area contributed by atoms with Crippen molar-refractivity contribution in [3.63, 3.8) is 0 Å². The van der Waals surface area contributed by atoms with E-state index in [-0.39, 0.29) is 5.92 Å². The number of hydrogen-bond donors (Lipinski definition) is 1. The number of hydrogen-bond acceptors (Lipinski definition) is 3. The maximum Gasteiger partial charge on any atom is 0.142 e. The Labute approximate surface area is 117 Å². The molecule has 0 bridgehead atoms. The lowest BCUT2D eigenvalue weighted by atomic mass is 10.1. The van der Waals surface area contributed by atoms with Crippen LogP contribution in [0.4, 0.5) is 5.82 Å². The number of pyridine rings is 1. The molecule has 0 saturated carbocycles. The Balaban J connectivity index is 2.90. The summed E-state index contributed by atoms with van der Waals surface area (Å²) in [6, 6.07) is 2.07. The van der Waals surface area contributed by atoms with E-state index in [0.29, 0.717) is 4.99 Å². The maximum absolute atomic E-state index is 5.65. The molecule has 94 valence electrons. The summed E-state index contributed by atoms with van der Waals surface area (Å²) in [5.74, 6) is 1.13. The molecule has 1 aromatic rings. The van der Waals surface area contributed by atoms with Crippen molar-refractivity contribution in [2.24, 2.45) is 11.7 Å². The summed E-state index contributed by atoms with van der Waals surface area (Å²) in [5.41, 5.74) is 6.79. The molecule has 0 aliphatic heterocycles. The molecule has 1 heterocycles. The fourth-order valence-electron chi connectivity index (χ4n) is 1.54. The van der Waals surface area contributed by atoms with Gasteiger partial charge < -0.3 is 10.6 Å². The molecule has 0 spiro atoms. The Morgan fingerprint density at radius 2 is 2.29 bits per heavy atom. The molecule has 0 aliphatic carbocycles. The first-order valence-electron chi connectivity index (χ1n) is 5.62. The Morgan fingerprint density at radius 1 is 1.65 bits per heavy atom. The summed E-state index contributed by atoms with van der Waals surface area (Å²) >= 11 is 8.55. The van der Waals surface area contributed by atoms with Gasteiger partial charge >= 0.3 is 0 Å². The van der Waals surface area contributed by atoms with E-state index in [9.17, 15) is 0 Å². The first kappa shape index (κ1) is 14.4. The second-order valence-electron chi connectivity index (χ2n) is 4.16. The normalized spacial score (nSPS) is 12.2. The fourth-order valence-corrected chi connectivity index (χ4v) is 2.33. The average molecular weight is 316 g/mol. The molecule has 1 atom stereocenters. The van der Waals surface area contributed by atoms with Gasteiger partial charge in [-0.25, -0.2) is 4.98 Å². The van der Waals surface area contributed by atoms with Crippen molar-refractivity contribution in [3.8, 4) is 0 Å². The average Bonchev–Trinajstić information content (AvgIpc) is 2.26. The Bertz CT molecular complexity index is 409. The molecule has 0 aromatic carbocycles. The van der Waals surface area contributed by atoms with E-state index in [1.54, 1.807) is 0 Å². The number of nitrogens with two attached hydrogens (primary N) is 1. The van der Waals surface area contributed by atoms with Crippen LogP contribution in [0.25, 0.3) is 0 Å². The van der Waals surface area contributed by atoms with Gasteiger partial charge in [-0.3, -0.25) is 0 Å².